The van der Waals surface area contributed by atoms with E-state index in [2.05, 4.69) is 23.8 Å². The molecule has 22 heavy (non-hydrogen) atoms. The molecule has 3 aromatic heterocycles. The Kier molecular flexibility index (Phi) is 3.26. The lowest BCUT2D eigenvalue weighted by molar-refractivity contribution is 0.811. The van der Waals surface area contributed by atoms with Crippen LogP contribution in [-0.4, -0.2) is 19.1 Å². The predicted molar refractivity (Wildman–Crippen MR) is 82.9 cm³/mol. The van der Waals surface area contributed by atoms with Gasteiger partial charge in [0.15, 0.2) is 5.65 Å². The van der Waals surface area contributed by atoms with Crippen molar-refractivity contribution in [2.75, 3.05) is 0 Å². The Morgan fingerprint density at radius 2 is 2.00 bits per heavy atom. The van der Waals surface area contributed by atoms with Gasteiger partial charge in [0.2, 0.25) is 0 Å². The number of nitrogens with zero attached hydrogens (tertiary/aromatic N) is 5. The van der Waals surface area contributed by atoms with Crippen molar-refractivity contribution in [2.24, 2.45) is 7.05 Å². The summed E-state index contributed by atoms with van der Waals surface area (Å²) in [6.07, 6.45) is 1.66. The van der Waals surface area contributed by atoms with Crippen molar-refractivity contribution in [3.05, 3.63) is 52.3 Å². The molecule has 0 saturated heterocycles. The summed E-state index contributed by atoms with van der Waals surface area (Å²) in [4.78, 5) is 21.1. The number of imidazole rings is 1. The monoisotopic (exact) mass is 293 g/mol. The summed E-state index contributed by atoms with van der Waals surface area (Å²) < 4.78 is 2.99. The van der Waals surface area contributed by atoms with Crippen molar-refractivity contribution in [3.63, 3.8) is 0 Å². The number of rotatable bonds is 2. The number of pyridine rings is 2. The predicted octanol–water partition coefficient (Wildman–Crippen LogP) is 2.11. The van der Waals surface area contributed by atoms with E-state index in [1.54, 1.807) is 25.4 Å². The summed E-state index contributed by atoms with van der Waals surface area (Å²) in [5, 5.41) is 9.01. The number of aromatic nitrogens is 4. The van der Waals surface area contributed by atoms with Crippen molar-refractivity contribution >= 4 is 11.2 Å². The zero-order valence-electron chi connectivity index (χ0n) is 12.6. The molecule has 6 heteroatoms. The molecular formula is C16H15N5O. The molecule has 0 aliphatic rings. The highest BCUT2D eigenvalue weighted by molar-refractivity contribution is 5.74. The molecule has 0 N–H and O–H groups in total. The highest BCUT2D eigenvalue weighted by Gasteiger charge is 2.14. The minimum Gasteiger partial charge on any atom is -0.293 e. The molecule has 0 spiro atoms. The maximum absolute atomic E-state index is 12.5. The second-order valence-corrected chi connectivity index (χ2v) is 5.42. The third-order valence-corrected chi connectivity index (χ3v) is 3.64. The van der Waals surface area contributed by atoms with Gasteiger partial charge in [-0.05, 0) is 30.2 Å². The van der Waals surface area contributed by atoms with E-state index in [1.807, 2.05) is 18.2 Å². The van der Waals surface area contributed by atoms with Gasteiger partial charge in [0.05, 0.1) is 17.4 Å². The highest BCUT2D eigenvalue weighted by Crippen LogP contribution is 2.17. The van der Waals surface area contributed by atoms with E-state index in [-0.39, 0.29) is 11.4 Å². The van der Waals surface area contributed by atoms with Gasteiger partial charge in [0.25, 0.3) is 0 Å². The fraction of sp³-hybridized carbons (Fsp3) is 0.250. The zero-order chi connectivity index (χ0) is 15.9. The minimum absolute atomic E-state index is 0.211. The van der Waals surface area contributed by atoms with Crippen LogP contribution in [0.2, 0.25) is 0 Å². The van der Waals surface area contributed by atoms with Crippen LogP contribution in [0.25, 0.3) is 16.9 Å². The summed E-state index contributed by atoms with van der Waals surface area (Å²) in [6, 6.07) is 9.09. The maximum Gasteiger partial charge on any atom is 0.334 e. The maximum atomic E-state index is 12.5. The molecule has 110 valence electrons. The van der Waals surface area contributed by atoms with Gasteiger partial charge in [-0.3, -0.25) is 9.55 Å². The van der Waals surface area contributed by atoms with Gasteiger partial charge in [-0.1, -0.05) is 13.8 Å². The van der Waals surface area contributed by atoms with Crippen LogP contribution in [0, 0.1) is 11.3 Å². The third kappa shape index (κ3) is 2.07. The van der Waals surface area contributed by atoms with Crippen molar-refractivity contribution < 1.29 is 0 Å². The smallest absolute Gasteiger partial charge is 0.293 e. The van der Waals surface area contributed by atoms with E-state index < -0.39 is 0 Å². The van der Waals surface area contributed by atoms with Crippen LogP contribution in [0.1, 0.15) is 31.2 Å². The lowest BCUT2D eigenvalue weighted by Gasteiger charge is -2.06. The Balaban J connectivity index is 2.28. The first-order valence-corrected chi connectivity index (χ1v) is 6.98. The van der Waals surface area contributed by atoms with Gasteiger partial charge in [-0.25, -0.2) is 14.3 Å². The molecule has 0 atom stereocenters. The van der Waals surface area contributed by atoms with Crippen LogP contribution < -0.4 is 5.69 Å². The Hall–Kier alpha value is -2.94. The molecule has 6 nitrogen and oxygen atoms in total. The van der Waals surface area contributed by atoms with Gasteiger partial charge in [-0.2, -0.15) is 5.26 Å². The van der Waals surface area contributed by atoms with Gasteiger partial charge in [0, 0.05) is 12.7 Å². The van der Waals surface area contributed by atoms with E-state index in [1.165, 1.54) is 9.13 Å². The SMILES string of the molecule is CC(C)c1ccc(-n2c(=O)n(C)c3ccc(C#N)nc32)cn1. The Bertz CT molecular complexity index is 942. The van der Waals surface area contributed by atoms with Gasteiger partial charge >= 0.3 is 5.69 Å². The van der Waals surface area contributed by atoms with E-state index in [0.29, 0.717) is 22.8 Å². The van der Waals surface area contributed by atoms with Gasteiger partial charge in [-0.15, -0.1) is 0 Å². The van der Waals surface area contributed by atoms with Crippen molar-refractivity contribution in [3.8, 4) is 11.8 Å². The van der Waals surface area contributed by atoms with Crippen LogP contribution >= 0.6 is 0 Å². The molecule has 3 rings (SSSR count). The molecule has 0 amide bonds. The fourth-order valence-electron chi connectivity index (χ4n) is 2.38. The summed E-state index contributed by atoms with van der Waals surface area (Å²) in [5.41, 5.74) is 2.81. The Morgan fingerprint density at radius 3 is 2.59 bits per heavy atom. The first-order chi connectivity index (χ1) is 10.5. The quantitative estimate of drug-likeness (QED) is 0.725. The number of aryl methyl sites for hydroxylation is 1. The fourth-order valence-corrected chi connectivity index (χ4v) is 2.38. The molecule has 3 heterocycles. The summed E-state index contributed by atoms with van der Waals surface area (Å²) in [6.45, 7) is 4.12. The summed E-state index contributed by atoms with van der Waals surface area (Å²) in [5.74, 6) is 0.321. The molecule has 0 fully saturated rings. The first-order valence-electron chi connectivity index (χ1n) is 6.98. The number of nitriles is 1. The third-order valence-electron chi connectivity index (χ3n) is 3.64. The lowest BCUT2D eigenvalue weighted by atomic mass is 10.1. The number of hydrogen-bond acceptors (Lipinski definition) is 4. The Labute approximate surface area is 127 Å². The van der Waals surface area contributed by atoms with E-state index in [9.17, 15) is 4.79 Å². The topological polar surface area (TPSA) is 76.5 Å². The van der Waals surface area contributed by atoms with Crippen LogP contribution in [0.5, 0.6) is 0 Å². The van der Waals surface area contributed by atoms with Crippen LogP contribution in [-0.2, 0) is 7.05 Å². The van der Waals surface area contributed by atoms with Crippen LogP contribution in [0.3, 0.4) is 0 Å². The zero-order valence-corrected chi connectivity index (χ0v) is 12.6. The average Bonchev–Trinajstić information content (AvgIpc) is 2.78. The molecule has 0 saturated carbocycles. The van der Waals surface area contributed by atoms with Crippen molar-refractivity contribution in [2.45, 2.75) is 19.8 Å². The molecule has 3 aromatic rings. The second kappa shape index (κ2) is 5.11. The lowest BCUT2D eigenvalue weighted by Crippen LogP contribution is -2.21. The summed E-state index contributed by atoms with van der Waals surface area (Å²) in [7, 11) is 1.69. The molecule has 0 unspecified atom stereocenters. The molecule has 0 radical (unpaired) electrons. The largest absolute Gasteiger partial charge is 0.334 e. The second-order valence-electron chi connectivity index (χ2n) is 5.42. The van der Waals surface area contributed by atoms with Gasteiger partial charge in [0.1, 0.15) is 11.8 Å². The first kappa shape index (κ1) is 14.0. The van der Waals surface area contributed by atoms with Crippen LogP contribution in [0.4, 0.5) is 0 Å². The molecule has 0 aliphatic heterocycles. The molecule has 0 aliphatic carbocycles. The van der Waals surface area contributed by atoms with E-state index in [4.69, 9.17) is 5.26 Å². The van der Waals surface area contributed by atoms with Crippen LogP contribution in [0.15, 0.2) is 35.3 Å². The number of fused-ring (bicyclic) bond motifs is 1. The molecular weight excluding hydrogens is 278 g/mol. The van der Waals surface area contributed by atoms with E-state index in [0.717, 1.165) is 5.69 Å². The summed E-state index contributed by atoms with van der Waals surface area (Å²) >= 11 is 0. The minimum atomic E-state index is -0.211. The standard InChI is InChI=1S/C16H15N5O/c1-10(2)13-6-5-12(9-18-13)21-15-14(20(3)16(21)22)7-4-11(8-17)19-15/h4-7,9-10H,1-3H3. The molecule has 0 bridgehead atoms. The normalized spacial score (nSPS) is 11.0. The number of hydrogen-bond donors (Lipinski definition) is 0. The van der Waals surface area contributed by atoms with Crippen molar-refractivity contribution in [1.82, 2.24) is 19.1 Å². The van der Waals surface area contributed by atoms with E-state index >= 15 is 0 Å². The Morgan fingerprint density at radius 1 is 1.23 bits per heavy atom. The van der Waals surface area contributed by atoms with Gasteiger partial charge < -0.3 is 0 Å². The average molecular weight is 293 g/mol. The molecule has 0 aromatic carbocycles. The van der Waals surface area contributed by atoms with Crippen molar-refractivity contribution in [1.29, 1.82) is 5.26 Å². The highest BCUT2D eigenvalue weighted by atomic mass is 16.1.